The molecule has 2 aromatic carbocycles. The summed E-state index contributed by atoms with van der Waals surface area (Å²) < 4.78 is 4.66. The Hall–Kier alpha value is -3.67. The van der Waals surface area contributed by atoms with Gasteiger partial charge in [-0.2, -0.15) is 0 Å². The predicted molar refractivity (Wildman–Crippen MR) is 109 cm³/mol. The molecule has 0 bridgehead atoms. The second-order valence-electron chi connectivity index (χ2n) is 6.40. The Labute approximate surface area is 163 Å². The van der Waals surface area contributed by atoms with E-state index in [9.17, 15) is 9.59 Å². The number of amides is 1. The molecule has 0 atom stereocenters. The molecule has 1 amide bonds. The van der Waals surface area contributed by atoms with Gasteiger partial charge in [0.25, 0.3) is 5.91 Å². The molecule has 6 nitrogen and oxygen atoms in total. The van der Waals surface area contributed by atoms with E-state index in [1.165, 1.54) is 7.11 Å². The SMILES string of the molecule is COC(=O)c1ccc(NC(=O)c2ccnc(Nc3cc(C)ccc3C)c2)cc1. The first kappa shape index (κ1) is 19.1. The molecule has 0 aliphatic rings. The van der Waals surface area contributed by atoms with Crippen molar-refractivity contribution in [2.75, 3.05) is 17.7 Å². The highest BCUT2D eigenvalue weighted by Crippen LogP contribution is 2.21. The van der Waals surface area contributed by atoms with Gasteiger partial charge in [0.1, 0.15) is 5.82 Å². The van der Waals surface area contributed by atoms with Crippen LogP contribution < -0.4 is 10.6 Å². The highest BCUT2D eigenvalue weighted by atomic mass is 16.5. The van der Waals surface area contributed by atoms with Gasteiger partial charge in [-0.1, -0.05) is 12.1 Å². The van der Waals surface area contributed by atoms with Gasteiger partial charge < -0.3 is 15.4 Å². The number of rotatable bonds is 5. The van der Waals surface area contributed by atoms with Gasteiger partial charge >= 0.3 is 5.97 Å². The molecule has 0 saturated heterocycles. The molecule has 1 heterocycles. The largest absolute Gasteiger partial charge is 0.465 e. The summed E-state index contributed by atoms with van der Waals surface area (Å²) in [6.45, 7) is 4.03. The summed E-state index contributed by atoms with van der Waals surface area (Å²) in [5.74, 6) is -0.103. The summed E-state index contributed by atoms with van der Waals surface area (Å²) in [6, 6.07) is 16.0. The summed E-state index contributed by atoms with van der Waals surface area (Å²) in [4.78, 5) is 28.3. The molecule has 0 radical (unpaired) electrons. The molecular formula is C22H21N3O3. The third-order valence-electron chi connectivity index (χ3n) is 4.24. The van der Waals surface area contributed by atoms with Crippen LogP contribution in [0.4, 0.5) is 17.2 Å². The summed E-state index contributed by atoms with van der Waals surface area (Å²) in [7, 11) is 1.32. The van der Waals surface area contributed by atoms with Gasteiger partial charge in [-0.25, -0.2) is 9.78 Å². The second-order valence-corrected chi connectivity index (χ2v) is 6.40. The first-order valence-corrected chi connectivity index (χ1v) is 8.76. The number of anilines is 3. The van der Waals surface area contributed by atoms with Gasteiger partial charge in [-0.05, 0) is 67.4 Å². The third-order valence-corrected chi connectivity index (χ3v) is 4.24. The fourth-order valence-electron chi connectivity index (χ4n) is 2.66. The lowest BCUT2D eigenvalue weighted by Crippen LogP contribution is -2.12. The van der Waals surface area contributed by atoms with Gasteiger partial charge in [0.05, 0.1) is 12.7 Å². The number of benzene rings is 2. The van der Waals surface area contributed by atoms with Gasteiger partial charge in [-0.15, -0.1) is 0 Å². The Morgan fingerprint density at radius 2 is 1.68 bits per heavy atom. The van der Waals surface area contributed by atoms with Crippen LogP contribution in [-0.4, -0.2) is 24.0 Å². The van der Waals surface area contributed by atoms with Crippen molar-refractivity contribution in [2.24, 2.45) is 0 Å². The monoisotopic (exact) mass is 375 g/mol. The number of nitrogens with one attached hydrogen (secondary N) is 2. The van der Waals surface area contributed by atoms with E-state index in [-0.39, 0.29) is 5.91 Å². The molecule has 0 unspecified atom stereocenters. The van der Waals surface area contributed by atoms with E-state index >= 15 is 0 Å². The van der Waals surface area contributed by atoms with E-state index in [1.54, 1.807) is 42.6 Å². The molecule has 0 aliphatic heterocycles. The topological polar surface area (TPSA) is 80.3 Å². The molecule has 0 saturated carbocycles. The van der Waals surface area contributed by atoms with Crippen LogP contribution in [0.2, 0.25) is 0 Å². The number of aryl methyl sites for hydroxylation is 2. The number of hydrogen-bond donors (Lipinski definition) is 2. The highest BCUT2D eigenvalue weighted by molar-refractivity contribution is 6.05. The zero-order valence-corrected chi connectivity index (χ0v) is 15.9. The minimum Gasteiger partial charge on any atom is -0.465 e. The average molecular weight is 375 g/mol. The zero-order valence-electron chi connectivity index (χ0n) is 15.9. The molecule has 0 spiro atoms. The van der Waals surface area contributed by atoms with Gasteiger partial charge in [0.15, 0.2) is 0 Å². The predicted octanol–water partition coefficient (Wildman–Crippen LogP) is 4.48. The van der Waals surface area contributed by atoms with Crippen LogP contribution in [0.25, 0.3) is 0 Å². The van der Waals surface area contributed by atoms with E-state index < -0.39 is 5.97 Å². The Bertz CT molecular complexity index is 1010. The summed E-state index contributed by atoms with van der Waals surface area (Å²) >= 11 is 0. The Kier molecular flexibility index (Phi) is 5.69. The van der Waals surface area contributed by atoms with Crippen molar-refractivity contribution >= 4 is 29.1 Å². The molecule has 142 valence electrons. The quantitative estimate of drug-likeness (QED) is 0.643. The third kappa shape index (κ3) is 4.54. The standard InChI is InChI=1S/C22H21N3O3/c1-14-4-5-15(2)19(12-14)25-20-13-17(10-11-23-20)21(26)24-18-8-6-16(7-9-18)22(27)28-3/h4-13H,1-3H3,(H,23,25)(H,24,26). The fourth-order valence-corrected chi connectivity index (χ4v) is 2.66. The van der Waals surface area contributed by atoms with Gasteiger partial charge in [0.2, 0.25) is 0 Å². The molecule has 6 heteroatoms. The Balaban J connectivity index is 1.73. The van der Waals surface area contributed by atoms with Crippen molar-refractivity contribution in [1.29, 1.82) is 0 Å². The fraction of sp³-hybridized carbons (Fsp3) is 0.136. The van der Waals surface area contributed by atoms with Crippen LogP contribution in [0.1, 0.15) is 31.8 Å². The zero-order chi connectivity index (χ0) is 20.1. The van der Waals surface area contributed by atoms with Crippen LogP contribution in [0.15, 0.2) is 60.8 Å². The number of methoxy groups -OCH3 is 1. The van der Waals surface area contributed by atoms with Crippen molar-refractivity contribution in [3.63, 3.8) is 0 Å². The van der Waals surface area contributed by atoms with Crippen LogP contribution >= 0.6 is 0 Å². The summed E-state index contributed by atoms with van der Waals surface area (Å²) in [6.07, 6.45) is 1.59. The number of esters is 1. The number of carbonyl (C=O) groups is 2. The average Bonchev–Trinajstić information content (AvgIpc) is 2.71. The van der Waals surface area contributed by atoms with Gasteiger partial charge in [-0.3, -0.25) is 4.79 Å². The number of aromatic nitrogens is 1. The molecule has 0 fully saturated rings. The lowest BCUT2D eigenvalue weighted by Gasteiger charge is -2.11. The molecule has 2 N–H and O–H groups in total. The van der Waals surface area contributed by atoms with E-state index in [1.807, 2.05) is 32.0 Å². The van der Waals surface area contributed by atoms with Crippen LogP contribution in [0, 0.1) is 13.8 Å². The smallest absolute Gasteiger partial charge is 0.337 e. The minimum atomic E-state index is -0.422. The molecule has 0 aliphatic carbocycles. The van der Waals surface area contributed by atoms with Crippen molar-refractivity contribution in [3.8, 4) is 0 Å². The Morgan fingerprint density at radius 1 is 0.929 bits per heavy atom. The number of nitrogens with zero attached hydrogens (tertiary/aromatic N) is 1. The lowest BCUT2D eigenvalue weighted by molar-refractivity contribution is 0.0600. The summed E-state index contributed by atoms with van der Waals surface area (Å²) in [5, 5.41) is 6.06. The number of pyridine rings is 1. The summed E-state index contributed by atoms with van der Waals surface area (Å²) in [5.41, 5.74) is 4.65. The molecular weight excluding hydrogens is 354 g/mol. The minimum absolute atomic E-state index is 0.266. The first-order chi connectivity index (χ1) is 13.5. The van der Waals surface area contributed by atoms with Crippen molar-refractivity contribution < 1.29 is 14.3 Å². The van der Waals surface area contributed by atoms with Gasteiger partial charge in [0, 0.05) is 23.1 Å². The second kappa shape index (κ2) is 8.35. The molecule has 3 rings (SSSR count). The maximum atomic E-state index is 12.6. The van der Waals surface area contributed by atoms with Crippen LogP contribution in [-0.2, 0) is 4.74 Å². The van der Waals surface area contributed by atoms with E-state index in [4.69, 9.17) is 0 Å². The molecule has 3 aromatic rings. The lowest BCUT2D eigenvalue weighted by atomic mass is 10.1. The van der Waals surface area contributed by atoms with Crippen molar-refractivity contribution in [2.45, 2.75) is 13.8 Å². The van der Waals surface area contributed by atoms with E-state index in [2.05, 4.69) is 20.4 Å². The number of ether oxygens (including phenoxy) is 1. The van der Waals surface area contributed by atoms with E-state index in [0.29, 0.717) is 22.6 Å². The molecule has 28 heavy (non-hydrogen) atoms. The molecule has 1 aromatic heterocycles. The van der Waals surface area contributed by atoms with Crippen molar-refractivity contribution in [1.82, 2.24) is 4.98 Å². The highest BCUT2D eigenvalue weighted by Gasteiger charge is 2.10. The van der Waals surface area contributed by atoms with Crippen molar-refractivity contribution in [3.05, 3.63) is 83.0 Å². The number of hydrogen-bond acceptors (Lipinski definition) is 5. The van der Waals surface area contributed by atoms with Crippen LogP contribution in [0.3, 0.4) is 0 Å². The first-order valence-electron chi connectivity index (χ1n) is 8.76. The van der Waals surface area contributed by atoms with E-state index in [0.717, 1.165) is 16.8 Å². The Morgan fingerprint density at radius 3 is 2.39 bits per heavy atom. The van der Waals surface area contributed by atoms with Crippen LogP contribution in [0.5, 0.6) is 0 Å². The maximum Gasteiger partial charge on any atom is 0.337 e. The number of carbonyl (C=O) groups excluding carboxylic acids is 2. The normalized spacial score (nSPS) is 10.2. The maximum absolute atomic E-state index is 12.6.